The molecule has 1 aromatic carbocycles. The molecule has 1 rings (SSSR count). The van der Waals surface area contributed by atoms with Gasteiger partial charge in [0.05, 0.1) is 0 Å². The maximum atomic E-state index is 10.8. The summed E-state index contributed by atoms with van der Waals surface area (Å²) in [4.78, 5) is 0. The number of nitrogens with one attached hydrogen (secondary N) is 1. The van der Waals surface area contributed by atoms with Gasteiger partial charge in [-0.3, -0.25) is 0 Å². The van der Waals surface area contributed by atoms with Gasteiger partial charge < -0.3 is 11.0 Å². The van der Waals surface area contributed by atoms with Crippen LogP contribution >= 0.6 is 0 Å². The summed E-state index contributed by atoms with van der Waals surface area (Å²) >= 11 is 0. The Bertz CT molecular complexity index is 379. The van der Waals surface area contributed by atoms with Gasteiger partial charge in [0.15, 0.2) is 0 Å². The summed E-state index contributed by atoms with van der Waals surface area (Å²) in [7, 11) is 2.24. The van der Waals surface area contributed by atoms with Crippen LogP contribution in [0.15, 0.2) is 24.3 Å². The average molecular weight is 215 g/mol. The molecule has 0 spiro atoms. The van der Waals surface area contributed by atoms with Crippen molar-refractivity contribution in [2.24, 2.45) is 0 Å². The van der Waals surface area contributed by atoms with Crippen molar-refractivity contribution in [1.29, 1.82) is 0 Å². The van der Waals surface area contributed by atoms with Crippen molar-refractivity contribution in [3.05, 3.63) is 24.3 Å². The molecule has 0 unspecified atom stereocenters. The SMILES string of the molecule is [B+2]c1cccc(NS(C)(=O)=O)c1.[OH-].[OH-]. The molecule has 0 amide bonds. The molecule has 0 heterocycles. The molecule has 0 fully saturated rings. The van der Waals surface area contributed by atoms with Crippen molar-refractivity contribution >= 4 is 29.0 Å². The van der Waals surface area contributed by atoms with Gasteiger partial charge in [0.1, 0.15) is 0 Å². The molecule has 7 heteroatoms. The van der Waals surface area contributed by atoms with Crippen LogP contribution in [0, 0.1) is 0 Å². The van der Waals surface area contributed by atoms with Gasteiger partial charge in [-0.2, -0.15) is 0 Å². The van der Waals surface area contributed by atoms with Crippen LogP contribution in [0.4, 0.5) is 5.69 Å². The van der Waals surface area contributed by atoms with Gasteiger partial charge in [-0.25, -0.2) is 0 Å². The molecule has 3 N–H and O–H groups in total. The minimum atomic E-state index is -3.20. The Morgan fingerprint density at radius 1 is 1.29 bits per heavy atom. The molecule has 0 aromatic heterocycles. The average Bonchev–Trinajstić information content (AvgIpc) is 1.82. The smallest absolute Gasteiger partial charge is 0.870 e. The second-order valence-corrected chi connectivity index (χ2v) is 4.25. The number of rotatable bonds is 2. The van der Waals surface area contributed by atoms with E-state index in [1.54, 1.807) is 24.3 Å². The third-order valence-electron chi connectivity index (χ3n) is 1.19. The zero-order valence-electron chi connectivity index (χ0n) is 7.51. The van der Waals surface area contributed by atoms with Crippen LogP contribution < -0.4 is 10.2 Å². The van der Waals surface area contributed by atoms with Gasteiger partial charge in [-0.05, 0) is 0 Å². The first kappa shape index (κ1) is 15.4. The van der Waals surface area contributed by atoms with E-state index in [4.69, 9.17) is 7.85 Å². The maximum Gasteiger partial charge on any atom is -0.870 e. The molecule has 0 aliphatic rings. The predicted molar refractivity (Wildman–Crippen MR) is 54.2 cm³/mol. The number of sulfonamides is 1. The normalized spacial score (nSPS) is 9.64. The van der Waals surface area contributed by atoms with Crippen molar-refractivity contribution in [3.8, 4) is 0 Å². The Kier molecular flexibility index (Phi) is 6.21. The minimum absolute atomic E-state index is 0. The molecular formula is C7H10BNO4S. The first-order chi connectivity index (χ1) is 5.47. The fraction of sp³-hybridized carbons (Fsp3) is 0.143. The van der Waals surface area contributed by atoms with Crippen LogP contribution in [0.2, 0.25) is 0 Å². The van der Waals surface area contributed by atoms with Gasteiger partial charge >= 0.3 is 72.7 Å². The summed E-state index contributed by atoms with van der Waals surface area (Å²) < 4.78 is 23.8. The van der Waals surface area contributed by atoms with Gasteiger partial charge in [0, 0.05) is 0 Å². The Morgan fingerprint density at radius 3 is 2.29 bits per heavy atom. The molecule has 5 nitrogen and oxygen atoms in total. The predicted octanol–water partition coefficient (Wildman–Crippen LogP) is -0.502. The Hall–Kier alpha value is -1.05. The zero-order chi connectivity index (χ0) is 9.19. The van der Waals surface area contributed by atoms with Crippen LogP contribution in [0.25, 0.3) is 0 Å². The van der Waals surface area contributed by atoms with E-state index in [9.17, 15) is 8.42 Å². The van der Waals surface area contributed by atoms with Gasteiger partial charge in [0.2, 0.25) is 0 Å². The van der Waals surface area contributed by atoms with E-state index < -0.39 is 10.0 Å². The summed E-state index contributed by atoms with van der Waals surface area (Å²) in [5.41, 5.74) is 1.01. The molecule has 14 heavy (non-hydrogen) atoms. The van der Waals surface area contributed by atoms with E-state index in [1.165, 1.54) is 0 Å². The summed E-state index contributed by atoms with van der Waals surface area (Å²) in [5.74, 6) is 0. The minimum Gasteiger partial charge on any atom is -0.870 e. The Labute approximate surface area is 84.2 Å². The Balaban J connectivity index is 0. The number of hydrogen-bond acceptors (Lipinski definition) is 4. The van der Waals surface area contributed by atoms with E-state index in [-0.39, 0.29) is 11.0 Å². The summed E-state index contributed by atoms with van der Waals surface area (Å²) in [6.07, 6.45) is 1.09. The third kappa shape index (κ3) is 5.57. The van der Waals surface area contributed by atoms with Gasteiger partial charge in [-0.15, -0.1) is 0 Å². The van der Waals surface area contributed by atoms with E-state index in [2.05, 4.69) is 4.72 Å². The van der Waals surface area contributed by atoms with Crippen molar-refractivity contribution in [1.82, 2.24) is 0 Å². The second kappa shape index (κ2) is 5.64. The molecule has 0 atom stereocenters. The molecule has 0 saturated carbocycles. The Morgan fingerprint density at radius 2 is 1.86 bits per heavy atom. The first-order valence-corrected chi connectivity index (χ1v) is 5.20. The third-order valence-corrected chi connectivity index (χ3v) is 1.80. The fourth-order valence-electron chi connectivity index (χ4n) is 0.816. The molecule has 1 aromatic rings. The standard InChI is InChI=1S/C7H8BNO2S.2H2O/c1-12(10,11)9-7-4-2-3-6(8)5-7;;/h2-5,9H,1H3;2*1H2/q+2;;/p-2. The molecule has 0 aliphatic carbocycles. The van der Waals surface area contributed by atoms with Crippen molar-refractivity contribution in [3.63, 3.8) is 0 Å². The second-order valence-electron chi connectivity index (χ2n) is 2.50. The largest absolute Gasteiger partial charge is 0.870 e. The van der Waals surface area contributed by atoms with Gasteiger partial charge in [0.25, 0.3) is 0 Å². The van der Waals surface area contributed by atoms with Crippen LogP contribution in [0.3, 0.4) is 0 Å². The number of benzene rings is 1. The number of anilines is 1. The summed E-state index contributed by atoms with van der Waals surface area (Å²) in [6.45, 7) is 0. The van der Waals surface area contributed by atoms with E-state index >= 15 is 0 Å². The molecule has 0 bridgehead atoms. The quantitative estimate of drug-likeness (QED) is 0.670. The van der Waals surface area contributed by atoms with Crippen molar-refractivity contribution < 1.29 is 19.4 Å². The van der Waals surface area contributed by atoms with Crippen molar-refractivity contribution in [2.75, 3.05) is 11.0 Å². The topological polar surface area (TPSA) is 106 Å². The van der Waals surface area contributed by atoms with E-state index in [1.807, 2.05) is 0 Å². The van der Waals surface area contributed by atoms with Crippen LogP contribution in [-0.4, -0.2) is 33.5 Å². The molecule has 0 aliphatic heterocycles. The monoisotopic (exact) mass is 215 g/mol. The van der Waals surface area contributed by atoms with Crippen LogP contribution in [0.5, 0.6) is 0 Å². The van der Waals surface area contributed by atoms with Crippen LogP contribution in [-0.2, 0) is 10.0 Å². The van der Waals surface area contributed by atoms with E-state index in [0.29, 0.717) is 11.2 Å². The van der Waals surface area contributed by atoms with Gasteiger partial charge in [-0.1, -0.05) is 0 Å². The van der Waals surface area contributed by atoms with Crippen molar-refractivity contribution in [2.45, 2.75) is 0 Å². The molecular weight excluding hydrogens is 205 g/mol. The molecule has 0 radical (unpaired) electrons. The summed E-state index contributed by atoms with van der Waals surface area (Å²) in [6, 6.07) is 6.56. The summed E-state index contributed by atoms with van der Waals surface area (Å²) in [5, 5.41) is 0. The van der Waals surface area contributed by atoms with E-state index in [0.717, 1.165) is 6.26 Å². The van der Waals surface area contributed by atoms with Crippen LogP contribution in [0.1, 0.15) is 0 Å². The zero-order valence-corrected chi connectivity index (χ0v) is 8.32. The number of hydrogen-bond donors (Lipinski definition) is 1. The molecule has 76 valence electrons. The molecule has 0 saturated heterocycles. The maximum absolute atomic E-state index is 10.8. The first-order valence-electron chi connectivity index (χ1n) is 3.31. The fourth-order valence-corrected chi connectivity index (χ4v) is 1.37.